The molecule has 0 aliphatic carbocycles. The fraction of sp³-hybridized carbons (Fsp3) is 0.150. The largest absolute Gasteiger partial charge is 0.507 e. The summed E-state index contributed by atoms with van der Waals surface area (Å²) in [6.07, 6.45) is 1.64. The standard InChI is InChI=1S/C20H19NO4/c1-23-18-10-14(11-19(24-2)20(18)25-3)21-12-16-15-7-5-4-6-13(15)8-9-17(16)22/h4-12,22H,1-3H3. The highest BCUT2D eigenvalue weighted by Gasteiger charge is 2.13. The Kier molecular flexibility index (Phi) is 4.75. The Morgan fingerprint density at radius 2 is 1.56 bits per heavy atom. The summed E-state index contributed by atoms with van der Waals surface area (Å²) in [4.78, 5) is 4.48. The zero-order chi connectivity index (χ0) is 17.8. The predicted octanol–water partition coefficient (Wildman–Crippen LogP) is 4.32. The van der Waals surface area contributed by atoms with E-state index in [1.165, 1.54) is 0 Å². The van der Waals surface area contributed by atoms with Crippen LogP contribution in [0, 0.1) is 0 Å². The highest BCUT2D eigenvalue weighted by Crippen LogP contribution is 2.41. The molecule has 0 aliphatic rings. The van der Waals surface area contributed by atoms with Crippen molar-refractivity contribution in [2.75, 3.05) is 21.3 Å². The maximum absolute atomic E-state index is 10.2. The molecule has 0 aliphatic heterocycles. The Morgan fingerprint density at radius 3 is 2.20 bits per heavy atom. The van der Waals surface area contributed by atoms with Crippen LogP contribution in [0.2, 0.25) is 0 Å². The lowest BCUT2D eigenvalue weighted by Crippen LogP contribution is -1.94. The number of phenolic OH excluding ortho intramolecular Hbond substituents is 1. The highest BCUT2D eigenvalue weighted by molar-refractivity contribution is 6.03. The molecule has 0 atom stereocenters. The van der Waals surface area contributed by atoms with E-state index in [1.54, 1.807) is 45.7 Å². The maximum atomic E-state index is 10.2. The molecule has 1 N–H and O–H groups in total. The molecule has 0 saturated carbocycles. The first-order valence-electron chi connectivity index (χ1n) is 7.72. The number of hydrogen-bond acceptors (Lipinski definition) is 5. The molecule has 3 aromatic rings. The van der Waals surface area contributed by atoms with Crippen molar-refractivity contribution in [1.29, 1.82) is 0 Å². The molecule has 0 heterocycles. The minimum absolute atomic E-state index is 0.176. The van der Waals surface area contributed by atoms with Gasteiger partial charge in [0.05, 0.1) is 27.0 Å². The number of methoxy groups -OCH3 is 3. The number of rotatable bonds is 5. The van der Waals surface area contributed by atoms with E-state index in [0.717, 1.165) is 10.8 Å². The van der Waals surface area contributed by atoms with Crippen LogP contribution in [0.15, 0.2) is 53.5 Å². The summed E-state index contributed by atoms with van der Waals surface area (Å²) in [7, 11) is 4.67. The van der Waals surface area contributed by atoms with Crippen LogP contribution >= 0.6 is 0 Å². The second-order valence-electron chi connectivity index (χ2n) is 5.36. The number of aliphatic imine (C=N–C) groups is 1. The Morgan fingerprint density at radius 1 is 0.880 bits per heavy atom. The molecule has 5 heteroatoms. The van der Waals surface area contributed by atoms with Gasteiger partial charge in [0.1, 0.15) is 5.75 Å². The van der Waals surface area contributed by atoms with Crippen molar-refractivity contribution in [3.05, 3.63) is 54.1 Å². The number of benzene rings is 3. The van der Waals surface area contributed by atoms with Crippen molar-refractivity contribution < 1.29 is 19.3 Å². The van der Waals surface area contributed by atoms with Crippen LogP contribution < -0.4 is 14.2 Å². The molecule has 0 fully saturated rings. The molecule has 5 nitrogen and oxygen atoms in total. The summed E-state index contributed by atoms with van der Waals surface area (Å²) >= 11 is 0. The smallest absolute Gasteiger partial charge is 0.203 e. The quantitative estimate of drug-likeness (QED) is 0.704. The van der Waals surface area contributed by atoms with Gasteiger partial charge in [0.2, 0.25) is 5.75 Å². The maximum Gasteiger partial charge on any atom is 0.203 e. The van der Waals surface area contributed by atoms with Gasteiger partial charge in [0.15, 0.2) is 11.5 Å². The SMILES string of the molecule is COc1cc(N=Cc2c(O)ccc3ccccc23)cc(OC)c1OC. The lowest BCUT2D eigenvalue weighted by Gasteiger charge is -2.12. The molecule has 0 bridgehead atoms. The van der Waals surface area contributed by atoms with Gasteiger partial charge in [-0.15, -0.1) is 0 Å². The van der Waals surface area contributed by atoms with Crippen LogP contribution in [0.25, 0.3) is 10.8 Å². The van der Waals surface area contributed by atoms with E-state index in [1.807, 2.05) is 30.3 Å². The third-order valence-corrected chi connectivity index (χ3v) is 3.94. The average molecular weight is 337 g/mol. The summed E-state index contributed by atoms with van der Waals surface area (Å²) in [5.74, 6) is 1.74. The van der Waals surface area contributed by atoms with Crippen molar-refractivity contribution in [2.24, 2.45) is 4.99 Å². The number of hydrogen-bond donors (Lipinski definition) is 1. The zero-order valence-electron chi connectivity index (χ0n) is 14.3. The van der Waals surface area contributed by atoms with E-state index in [-0.39, 0.29) is 5.75 Å². The molecule has 25 heavy (non-hydrogen) atoms. The predicted molar refractivity (Wildman–Crippen MR) is 99.0 cm³/mol. The topological polar surface area (TPSA) is 60.3 Å². The number of fused-ring (bicyclic) bond motifs is 1. The van der Waals surface area contributed by atoms with Gasteiger partial charge < -0.3 is 19.3 Å². The summed E-state index contributed by atoms with van der Waals surface area (Å²) in [6.45, 7) is 0. The van der Waals surface area contributed by atoms with Gasteiger partial charge in [-0.1, -0.05) is 30.3 Å². The van der Waals surface area contributed by atoms with E-state index >= 15 is 0 Å². The molecular weight excluding hydrogens is 318 g/mol. The summed E-state index contributed by atoms with van der Waals surface area (Å²) in [6, 6.07) is 14.9. The lowest BCUT2D eigenvalue weighted by atomic mass is 10.0. The molecule has 3 rings (SSSR count). The second-order valence-corrected chi connectivity index (χ2v) is 5.36. The fourth-order valence-electron chi connectivity index (χ4n) is 2.70. The van der Waals surface area contributed by atoms with Crippen molar-refractivity contribution in [2.45, 2.75) is 0 Å². The molecule has 0 amide bonds. The van der Waals surface area contributed by atoms with Gasteiger partial charge in [0.25, 0.3) is 0 Å². The van der Waals surface area contributed by atoms with Crippen LogP contribution in [0.3, 0.4) is 0 Å². The van der Waals surface area contributed by atoms with Gasteiger partial charge in [0, 0.05) is 23.9 Å². The first kappa shape index (κ1) is 16.6. The Bertz CT molecular complexity index is 909. The van der Waals surface area contributed by atoms with Crippen LogP contribution in [0.4, 0.5) is 5.69 Å². The summed E-state index contributed by atoms with van der Waals surface area (Å²) < 4.78 is 16.0. The Labute approximate surface area is 146 Å². The van der Waals surface area contributed by atoms with Crippen molar-refractivity contribution in [3.8, 4) is 23.0 Å². The van der Waals surface area contributed by atoms with Gasteiger partial charge in [-0.3, -0.25) is 4.99 Å². The molecule has 128 valence electrons. The summed E-state index contributed by atoms with van der Waals surface area (Å²) in [5.41, 5.74) is 1.29. The van der Waals surface area contributed by atoms with Gasteiger partial charge >= 0.3 is 0 Å². The van der Waals surface area contributed by atoms with E-state index in [4.69, 9.17) is 14.2 Å². The van der Waals surface area contributed by atoms with E-state index in [0.29, 0.717) is 28.5 Å². The average Bonchev–Trinajstić information content (AvgIpc) is 2.66. The van der Waals surface area contributed by atoms with Crippen LogP contribution in [-0.2, 0) is 0 Å². The number of nitrogens with zero attached hydrogens (tertiary/aromatic N) is 1. The van der Waals surface area contributed by atoms with Gasteiger partial charge in [-0.2, -0.15) is 0 Å². The zero-order valence-corrected chi connectivity index (χ0v) is 14.3. The second kappa shape index (κ2) is 7.13. The molecular formula is C20H19NO4. The number of phenols is 1. The van der Waals surface area contributed by atoms with Gasteiger partial charge in [-0.25, -0.2) is 0 Å². The normalized spacial score (nSPS) is 11.0. The van der Waals surface area contributed by atoms with E-state index in [2.05, 4.69) is 4.99 Å². The first-order chi connectivity index (χ1) is 12.2. The molecule has 0 radical (unpaired) electrons. The van der Waals surface area contributed by atoms with Crippen molar-refractivity contribution in [1.82, 2.24) is 0 Å². The number of ether oxygens (including phenoxy) is 3. The lowest BCUT2D eigenvalue weighted by molar-refractivity contribution is 0.324. The molecule has 0 saturated heterocycles. The van der Waals surface area contributed by atoms with Crippen LogP contribution in [0.5, 0.6) is 23.0 Å². The van der Waals surface area contributed by atoms with E-state index < -0.39 is 0 Å². The minimum atomic E-state index is 0.176. The molecule has 3 aromatic carbocycles. The van der Waals surface area contributed by atoms with Crippen molar-refractivity contribution >= 4 is 22.7 Å². The summed E-state index contributed by atoms with van der Waals surface area (Å²) in [5, 5.41) is 12.2. The van der Waals surface area contributed by atoms with E-state index in [9.17, 15) is 5.11 Å². The number of aromatic hydroxyl groups is 1. The molecule has 0 aromatic heterocycles. The molecule has 0 unspecified atom stereocenters. The minimum Gasteiger partial charge on any atom is -0.507 e. The Hall–Kier alpha value is -3.21. The van der Waals surface area contributed by atoms with Crippen LogP contribution in [-0.4, -0.2) is 32.7 Å². The van der Waals surface area contributed by atoms with Crippen molar-refractivity contribution in [3.63, 3.8) is 0 Å². The fourth-order valence-corrected chi connectivity index (χ4v) is 2.70. The first-order valence-corrected chi connectivity index (χ1v) is 7.72. The third kappa shape index (κ3) is 3.21. The monoisotopic (exact) mass is 337 g/mol. The molecule has 0 spiro atoms. The third-order valence-electron chi connectivity index (χ3n) is 3.94. The van der Waals surface area contributed by atoms with Gasteiger partial charge in [-0.05, 0) is 16.8 Å². The Balaban J connectivity index is 2.07. The van der Waals surface area contributed by atoms with Crippen LogP contribution in [0.1, 0.15) is 5.56 Å². The highest BCUT2D eigenvalue weighted by atomic mass is 16.5.